The lowest BCUT2D eigenvalue weighted by Gasteiger charge is -2.38. The lowest BCUT2D eigenvalue weighted by atomic mass is 10.1. The highest BCUT2D eigenvalue weighted by Crippen LogP contribution is 2.24. The average molecular weight is 322 g/mol. The van der Waals surface area contributed by atoms with Gasteiger partial charge in [0, 0.05) is 45.4 Å². The molecule has 23 heavy (non-hydrogen) atoms. The van der Waals surface area contributed by atoms with Gasteiger partial charge in [-0.25, -0.2) is 0 Å². The number of β-amino-alcohol motifs (C(OH)–C–C–N with tert-alkyl or cyclic N) is 1. The molecular weight excluding hydrogens is 292 g/mol. The second-order valence-corrected chi connectivity index (χ2v) is 6.10. The maximum absolute atomic E-state index is 9.95. The first-order valence-electron chi connectivity index (χ1n) is 8.50. The zero-order valence-electron chi connectivity index (χ0n) is 14.6. The summed E-state index contributed by atoms with van der Waals surface area (Å²) in [7, 11) is 1.70. The number of aliphatic hydroxyl groups is 1. The average Bonchev–Trinajstić information content (AvgIpc) is 2.60. The van der Waals surface area contributed by atoms with E-state index in [0.29, 0.717) is 25.8 Å². The molecule has 0 unspecified atom stereocenters. The molecule has 2 atom stereocenters. The third-order valence-electron chi connectivity index (χ3n) is 4.51. The van der Waals surface area contributed by atoms with Crippen LogP contribution in [0.15, 0.2) is 24.3 Å². The van der Waals surface area contributed by atoms with E-state index in [4.69, 9.17) is 9.47 Å². The standard InChI is InChI=1S/C18H30N2O3/c1-4-23-14-17(21)13-19-8-10-20(11-9-19)15(2)16-6-5-7-18(12-16)22-3/h5-7,12,15,17,21H,4,8-11,13-14H2,1-3H3/t15-,17-/m1/s1. The van der Waals surface area contributed by atoms with E-state index in [-0.39, 0.29) is 0 Å². The Morgan fingerprint density at radius 1 is 1.22 bits per heavy atom. The number of benzene rings is 1. The zero-order chi connectivity index (χ0) is 16.7. The van der Waals surface area contributed by atoms with E-state index < -0.39 is 6.10 Å². The zero-order valence-corrected chi connectivity index (χ0v) is 14.6. The van der Waals surface area contributed by atoms with E-state index in [9.17, 15) is 5.11 Å². The first kappa shape index (κ1) is 18.2. The van der Waals surface area contributed by atoms with Crippen molar-refractivity contribution in [3.05, 3.63) is 29.8 Å². The maximum Gasteiger partial charge on any atom is 0.119 e. The molecule has 1 aromatic rings. The fourth-order valence-electron chi connectivity index (χ4n) is 3.05. The van der Waals surface area contributed by atoms with Crippen molar-refractivity contribution in [3.8, 4) is 5.75 Å². The van der Waals surface area contributed by atoms with Crippen molar-refractivity contribution in [3.63, 3.8) is 0 Å². The van der Waals surface area contributed by atoms with Gasteiger partial charge in [0.05, 0.1) is 19.8 Å². The quantitative estimate of drug-likeness (QED) is 0.790. The van der Waals surface area contributed by atoms with E-state index in [1.807, 2.05) is 19.1 Å². The molecule has 1 heterocycles. The molecule has 2 rings (SSSR count). The summed E-state index contributed by atoms with van der Waals surface area (Å²) < 4.78 is 10.6. The van der Waals surface area contributed by atoms with E-state index in [0.717, 1.165) is 31.9 Å². The smallest absolute Gasteiger partial charge is 0.119 e. The molecule has 130 valence electrons. The van der Waals surface area contributed by atoms with Crippen LogP contribution in [-0.2, 0) is 4.74 Å². The fraction of sp³-hybridized carbons (Fsp3) is 0.667. The Hall–Kier alpha value is -1.14. The number of hydrogen-bond donors (Lipinski definition) is 1. The molecule has 0 saturated carbocycles. The molecule has 1 aromatic carbocycles. The van der Waals surface area contributed by atoms with E-state index in [2.05, 4.69) is 28.9 Å². The van der Waals surface area contributed by atoms with Gasteiger partial charge in [-0.05, 0) is 31.5 Å². The van der Waals surface area contributed by atoms with Crippen molar-refractivity contribution in [1.82, 2.24) is 9.80 Å². The van der Waals surface area contributed by atoms with Crippen LogP contribution in [0.4, 0.5) is 0 Å². The topological polar surface area (TPSA) is 45.2 Å². The van der Waals surface area contributed by atoms with E-state index in [1.165, 1.54) is 5.56 Å². The second-order valence-electron chi connectivity index (χ2n) is 6.10. The molecule has 0 aromatic heterocycles. The van der Waals surface area contributed by atoms with Gasteiger partial charge < -0.3 is 14.6 Å². The number of rotatable bonds is 8. The predicted octanol–water partition coefficient (Wildman–Crippen LogP) is 1.77. The Labute approximate surface area is 139 Å². The monoisotopic (exact) mass is 322 g/mol. The minimum atomic E-state index is -0.391. The Balaban J connectivity index is 1.81. The van der Waals surface area contributed by atoms with Gasteiger partial charge in [-0.1, -0.05) is 12.1 Å². The second kappa shape index (κ2) is 9.23. The van der Waals surface area contributed by atoms with Gasteiger partial charge in [0.15, 0.2) is 0 Å². The van der Waals surface area contributed by atoms with Crippen LogP contribution in [0.2, 0.25) is 0 Å². The van der Waals surface area contributed by atoms with Gasteiger partial charge in [0.1, 0.15) is 5.75 Å². The molecule has 1 fully saturated rings. The van der Waals surface area contributed by atoms with Crippen LogP contribution in [-0.4, -0.2) is 74.1 Å². The maximum atomic E-state index is 9.95. The lowest BCUT2D eigenvalue weighted by Crippen LogP contribution is -2.49. The van der Waals surface area contributed by atoms with Crippen LogP contribution < -0.4 is 4.74 Å². The van der Waals surface area contributed by atoms with Crippen molar-refractivity contribution < 1.29 is 14.6 Å². The number of hydrogen-bond acceptors (Lipinski definition) is 5. The summed E-state index contributed by atoms with van der Waals surface area (Å²) in [6.45, 7) is 9.97. The Morgan fingerprint density at radius 2 is 1.96 bits per heavy atom. The fourth-order valence-corrected chi connectivity index (χ4v) is 3.05. The molecule has 1 aliphatic heterocycles. The highest BCUT2D eigenvalue weighted by atomic mass is 16.5. The first-order valence-corrected chi connectivity index (χ1v) is 8.50. The van der Waals surface area contributed by atoms with Crippen molar-refractivity contribution in [2.24, 2.45) is 0 Å². The normalized spacial score (nSPS) is 19.5. The van der Waals surface area contributed by atoms with Crippen LogP contribution in [0.5, 0.6) is 5.75 Å². The third-order valence-corrected chi connectivity index (χ3v) is 4.51. The summed E-state index contributed by atoms with van der Waals surface area (Å²) in [6.07, 6.45) is -0.391. The summed E-state index contributed by atoms with van der Waals surface area (Å²) in [5.74, 6) is 0.909. The van der Waals surface area contributed by atoms with Crippen LogP contribution in [0.1, 0.15) is 25.5 Å². The lowest BCUT2D eigenvalue weighted by molar-refractivity contribution is 0.00723. The number of nitrogens with zero attached hydrogens (tertiary/aromatic N) is 2. The molecule has 5 nitrogen and oxygen atoms in total. The number of piperazine rings is 1. The van der Waals surface area contributed by atoms with E-state index >= 15 is 0 Å². The van der Waals surface area contributed by atoms with Gasteiger partial charge in [0.2, 0.25) is 0 Å². The van der Waals surface area contributed by atoms with Crippen LogP contribution in [0, 0.1) is 0 Å². The van der Waals surface area contributed by atoms with Gasteiger partial charge in [-0.2, -0.15) is 0 Å². The van der Waals surface area contributed by atoms with Gasteiger partial charge in [-0.3, -0.25) is 9.80 Å². The number of ether oxygens (including phenoxy) is 2. The summed E-state index contributed by atoms with van der Waals surface area (Å²) in [4.78, 5) is 4.80. The van der Waals surface area contributed by atoms with Crippen LogP contribution in [0.3, 0.4) is 0 Å². The molecule has 0 bridgehead atoms. The van der Waals surface area contributed by atoms with Gasteiger partial charge in [0.25, 0.3) is 0 Å². The van der Waals surface area contributed by atoms with Crippen molar-refractivity contribution in [2.75, 3.05) is 53.0 Å². The molecule has 1 saturated heterocycles. The molecule has 1 aliphatic rings. The van der Waals surface area contributed by atoms with Crippen LogP contribution in [0.25, 0.3) is 0 Å². The summed E-state index contributed by atoms with van der Waals surface area (Å²) in [5.41, 5.74) is 1.29. The SMILES string of the molecule is CCOC[C@H](O)CN1CCN([C@H](C)c2cccc(OC)c2)CC1. The molecule has 0 amide bonds. The molecule has 1 N–H and O–H groups in total. The molecule has 0 radical (unpaired) electrons. The Kier molecular flexibility index (Phi) is 7.30. The largest absolute Gasteiger partial charge is 0.497 e. The molecule has 0 aliphatic carbocycles. The van der Waals surface area contributed by atoms with Crippen LogP contribution >= 0.6 is 0 Å². The van der Waals surface area contributed by atoms with E-state index in [1.54, 1.807) is 7.11 Å². The number of methoxy groups -OCH3 is 1. The highest BCUT2D eigenvalue weighted by molar-refractivity contribution is 5.30. The van der Waals surface area contributed by atoms with Gasteiger partial charge in [-0.15, -0.1) is 0 Å². The highest BCUT2D eigenvalue weighted by Gasteiger charge is 2.23. The minimum Gasteiger partial charge on any atom is -0.497 e. The van der Waals surface area contributed by atoms with Gasteiger partial charge >= 0.3 is 0 Å². The number of aliphatic hydroxyl groups excluding tert-OH is 1. The molecular formula is C18H30N2O3. The molecule has 5 heteroatoms. The summed E-state index contributed by atoms with van der Waals surface area (Å²) in [5, 5.41) is 9.95. The molecule has 0 spiro atoms. The summed E-state index contributed by atoms with van der Waals surface area (Å²) in [6, 6.07) is 8.67. The first-order chi connectivity index (χ1) is 11.1. The van der Waals surface area contributed by atoms with Crippen molar-refractivity contribution in [1.29, 1.82) is 0 Å². The van der Waals surface area contributed by atoms with Crippen molar-refractivity contribution >= 4 is 0 Å². The Bertz CT molecular complexity index is 461. The Morgan fingerprint density at radius 3 is 2.61 bits per heavy atom. The third kappa shape index (κ3) is 5.46. The summed E-state index contributed by atoms with van der Waals surface area (Å²) >= 11 is 0. The minimum absolute atomic E-state index is 0.376. The predicted molar refractivity (Wildman–Crippen MR) is 91.9 cm³/mol. The van der Waals surface area contributed by atoms with Crippen molar-refractivity contribution in [2.45, 2.75) is 26.0 Å².